The maximum absolute atomic E-state index is 10.7. The van der Waals surface area contributed by atoms with Crippen LogP contribution in [-0.2, 0) is 14.8 Å². The van der Waals surface area contributed by atoms with Crippen molar-refractivity contribution in [3.05, 3.63) is 0 Å². The molecular weight excluding hydrogens is 178 g/mol. The quantitative estimate of drug-likeness (QED) is 0.672. The van der Waals surface area contributed by atoms with Crippen LogP contribution in [0.4, 0.5) is 0 Å². The van der Waals surface area contributed by atoms with Crippen LogP contribution in [-0.4, -0.2) is 26.9 Å². The van der Waals surface area contributed by atoms with E-state index in [1.807, 2.05) is 6.92 Å². The second-order valence-electron chi connectivity index (χ2n) is 3.16. The molecule has 1 fully saturated rings. The van der Waals surface area contributed by atoms with Gasteiger partial charge in [0.25, 0.3) is 0 Å². The second-order valence-corrected chi connectivity index (χ2v) is 4.82. The van der Waals surface area contributed by atoms with Crippen molar-refractivity contribution in [2.75, 3.05) is 12.4 Å². The number of primary sulfonamides is 1. The van der Waals surface area contributed by atoms with Crippen molar-refractivity contribution in [1.29, 1.82) is 0 Å². The summed E-state index contributed by atoms with van der Waals surface area (Å²) in [6, 6.07) is 0. The van der Waals surface area contributed by atoms with E-state index in [9.17, 15) is 8.42 Å². The summed E-state index contributed by atoms with van der Waals surface area (Å²) in [6.07, 6.45) is 1.96. The number of ether oxygens (including phenoxy) is 1. The van der Waals surface area contributed by atoms with Gasteiger partial charge in [-0.2, -0.15) is 0 Å². The van der Waals surface area contributed by atoms with Crippen LogP contribution in [0.3, 0.4) is 0 Å². The predicted octanol–water partition coefficient (Wildman–Crippen LogP) is 0.0900. The van der Waals surface area contributed by atoms with Gasteiger partial charge in [-0.15, -0.1) is 0 Å². The third-order valence-corrected chi connectivity index (χ3v) is 2.72. The summed E-state index contributed by atoms with van der Waals surface area (Å²) >= 11 is 0. The summed E-state index contributed by atoms with van der Waals surface area (Å²) < 4.78 is 26.8. The van der Waals surface area contributed by atoms with Crippen LogP contribution in [0.15, 0.2) is 0 Å². The third-order valence-electron chi connectivity index (χ3n) is 1.93. The van der Waals surface area contributed by atoms with Crippen LogP contribution < -0.4 is 5.14 Å². The fourth-order valence-electron chi connectivity index (χ4n) is 1.23. The van der Waals surface area contributed by atoms with Crippen molar-refractivity contribution in [2.45, 2.75) is 25.9 Å². The Morgan fingerprint density at radius 1 is 1.58 bits per heavy atom. The fourth-order valence-corrected chi connectivity index (χ4v) is 2.06. The highest BCUT2D eigenvalue weighted by atomic mass is 32.2. The van der Waals surface area contributed by atoms with Crippen molar-refractivity contribution >= 4 is 10.0 Å². The molecule has 0 spiro atoms. The summed E-state index contributed by atoms with van der Waals surface area (Å²) in [4.78, 5) is 0. The minimum atomic E-state index is -3.38. The van der Waals surface area contributed by atoms with Crippen LogP contribution in [0.5, 0.6) is 0 Å². The molecule has 0 saturated heterocycles. The van der Waals surface area contributed by atoms with Gasteiger partial charge in [0.15, 0.2) is 0 Å². The molecule has 1 saturated carbocycles. The predicted molar refractivity (Wildman–Crippen MR) is 46.1 cm³/mol. The van der Waals surface area contributed by atoms with Gasteiger partial charge in [-0.3, -0.25) is 0 Å². The van der Waals surface area contributed by atoms with E-state index >= 15 is 0 Å². The molecule has 1 aliphatic rings. The minimum Gasteiger partial charge on any atom is -0.377 e. The fraction of sp³-hybridized carbons (Fsp3) is 1.00. The maximum atomic E-state index is 10.7. The number of hydrogen-bond donors (Lipinski definition) is 1. The molecule has 1 rings (SSSR count). The molecule has 12 heavy (non-hydrogen) atoms. The Labute approximate surface area is 73.1 Å². The molecule has 0 aromatic rings. The molecule has 0 amide bonds. The summed E-state index contributed by atoms with van der Waals surface area (Å²) in [5, 5.41) is 4.92. The molecule has 5 heteroatoms. The average molecular weight is 193 g/mol. The van der Waals surface area contributed by atoms with Crippen molar-refractivity contribution < 1.29 is 13.2 Å². The van der Waals surface area contributed by atoms with E-state index < -0.39 is 10.0 Å². The number of nitrogens with two attached hydrogens (primary N) is 1. The van der Waals surface area contributed by atoms with Gasteiger partial charge >= 0.3 is 0 Å². The van der Waals surface area contributed by atoms with E-state index in [-0.39, 0.29) is 11.9 Å². The largest absolute Gasteiger partial charge is 0.377 e. The molecule has 0 radical (unpaired) electrons. The number of hydrogen-bond acceptors (Lipinski definition) is 3. The van der Waals surface area contributed by atoms with E-state index in [2.05, 4.69) is 0 Å². The monoisotopic (exact) mass is 193 g/mol. The minimum absolute atomic E-state index is 0.0362. The normalized spacial score (nSPS) is 20.8. The second kappa shape index (κ2) is 3.72. The lowest BCUT2D eigenvalue weighted by molar-refractivity contribution is 0.0631. The number of rotatable bonds is 5. The van der Waals surface area contributed by atoms with E-state index in [0.29, 0.717) is 12.5 Å². The zero-order valence-electron chi connectivity index (χ0n) is 7.19. The Bertz CT molecular complexity index is 233. The standard InChI is InChI=1S/C7H15NO3S/c1-2-11-7(6-3-4-6)5-12(8,9)10/h6-7H,2-5H2,1H3,(H2,8,9,10). The Kier molecular flexibility index (Phi) is 3.09. The lowest BCUT2D eigenvalue weighted by Gasteiger charge is -2.14. The van der Waals surface area contributed by atoms with E-state index in [0.717, 1.165) is 12.8 Å². The van der Waals surface area contributed by atoms with Gasteiger partial charge in [0.2, 0.25) is 10.0 Å². The van der Waals surface area contributed by atoms with Crippen LogP contribution in [0, 0.1) is 5.92 Å². The molecule has 72 valence electrons. The zero-order valence-corrected chi connectivity index (χ0v) is 8.01. The lowest BCUT2D eigenvalue weighted by Crippen LogP contribution is -2.30. The van der Waals surface area contributed by atoms with Gasteiger partial charge in [-0.25, -0.2) is 13.6 Å². The smallest absolute Gasteiger partial charge is 0.211 e. The first-order chi connectivity index (χ1) is 5.53. The van der Waals surface area contributed by atoms with Gasteiger partial charge < -0.3 is 4.74 Å². The zero-order chi connectivity index (χ0) is 9.19. The van der Waals surface area contributed by atoms with Crippen LogP contribution in [0.25, 0.3) is 0 Å². The van der Waals surface area contributed by atoms with Gasteiger partial charge in [-0.05, 0) is 25.7 Å². The van der Waals surface area contributed by atoms with Gasteiger partial charge in [0.1, 0.15) is 0 Å². The first kappa shape index (κ1) is 9.95. The summed E-state index contributed by atoms with van der Waals surface area (Å²) in [6.45, 7) is 2.41. The molecule has 0 aliphatic heterocycles. The molecule has 0 aromatic heterocycles. The van der Waals surface area contributed by atoms with E-state index in [4.69, 9.17) is 9.88 Å². The SMILES string of the molecule is CCOC(CS(N)(=O)=O)C1CC1. The van der Waals surface area contributed by atoms with Crippen molar-refractivity contribution in [1.82, 2.24) is 0 Å². The average Bonchev–Trinajstić information content (AvgIpc) is 2.63. The van der Waals surface area contributed by atoms with Gasteiger partial charge in [0.05, 0.1) is 11.9 Å². The molecule has 4 nitrogen and oxygen atoms in total. The molecule has 0 bridgehead atoms. The van der Waals surface area contributed by atoms with Gasteiger partial charge in [0, 0.05) is 6.61 Å². The molecule has 0 heterocycles. The molecule has 1 unspecified atom stereocenters. The summed E-state index contributed by atoms with van der Waals surface area (Å²) in [5.74, 6) is 0.383. The lowest BCUT2D eigenvalue weighted by atomic mass is 10.3. The summed E-state index contributed by atoms with van der Waals surface area (Å²) in [5.41, 5.74) is 0. The Hall–Kier alpha value is -0.130. The molecule has 1 aliphatic carbocycles. The molecule has 2 N–H and O–H groups in total. The van der Waals surface area contributed by atoms with Crippen molar-refractivity contribution in [3.8, 4) is 0 Å². The van der Waals surface area contributed by atoms with Gasteiger partial charge in [-0.1, -0.05) is 0 Å². The third kappa shape index (κ3) is 3.51. The van der Waals surface area contributed by atoms with Crippen LogP contribution in [0.2, 0.25) is 0 Å². The van der Waals surface area contributed by atoms with Crippen LogP contribution >= 0.6 is 0 Å². The van der Waals surface area contributed by atoms with Crippen molar-refractivity contribution in [2.24, 2.45) is 11.1 Å². The molecule has 1 atom stereocenters. The summed E-state index contributed by atoms with van der Waals surface area (Å²) in [7, 11) is -3.38. The van der Waals surface area contributed by atoms with Crippen LogP contribution in [0.1, 0.15) is 19.8 Å². The Morgan fingerprint density at radius 3 is 2.50 bits per heavy atom. The van der Waals surface area contributed by atoms with Crippen molar-refractivity contribution in [3.63, 3.8) is 0 Å². The van der Waals surface area contributed by atoms with E-state index in [1.54, 1.807) is 0 Å². The molecular formula is C7H15NO3S. The highest BCUT2D eigenvalue weighted by Crippen LogP contribution is 2.34. The maximum Gasteiger partial charge on any atom is 0.211 e. The van der Waals surface area contributed by atoms with E-state index in [1.165, 1.54) is 0 Å². The highest BCUT2D eigenvalue weighted by molar-refractivity contribution is 7.89. The Morgan fingerprint density at radius 2 is 2.17 bits per heavy atom. The first-order valence-corrected chi connectivity index (χ1v) is 5.86. The number of sulfonamides is 1. The topological polar surface area (TPSA) is 69.4 Å². The Balaban J connectivity index is 2.43. The highest BCUT2D eigenvalue weighted by Gasteiger charge is 2.33. The molecule has 0 aromatic carbocycles. The first-order valence-electron chi connectivity index (χ1n) is 4.15.